The monoisotopic (exact) mass is 451 g/mol. The Morgan fingerprint density at radius 1 is 0.971 bits per heavy atom. The number of para-hydroxylation sites is 1. The number of amides is 2. The molecule has 1 atom stereocenters. The molecule has 0 saturated carbocycles. The number of nitrogens with one attached hydrogen (secondary N) is 1. The quantitative estimate of drug-likeness (QED) is 0.378. The number of benzene rings is 3. The highest BCUT2D eigenvalue weighted by atomic mass is 16.5. The summed E-state index contributed by atoms with van der Waals surface area (Å²) in [7, 11) is 0. The summed E-state index contributed by atoms with van der Waals surface area (Å²) in [6.07, 6.45) is 2.07. The van der Waals surface area contributed by atoms with Crippen molar-refractivity contribution in [2.24, 2.45) is 0 Å². The number of nitrogens with zero attached hydrogens (tertiary/aromatic N) is 2. The van der Waals surface area contributed by atoms with Crippen LogP contribution in [0.5, 0.6) is 5.75 Å². The molecule has 0 fully saturated rings. The van der Waals surface area contributed by atoms with E-state index >= 15 is 0 Å². The van der Waals surface area contributed by atoms with E-state index < -0.39 is 0 Å². The molecule has 5 nitrogen and oxygen atoms in total. The summed E-state index contributed by atoms with van der Waals surface area (Å²) in [6, 6.07) is 26.2. The van der Waals surface area contributed by atoms with Crippen molar-refractivity contribution in [1.29, 1.82) is 0 Å². The molecular formula is C29H29N3O2. The van der Waals surface area contributed by atoms with Gasteiger partial charge in [0.25, 0.3) is 0 Å². The number of fused-ring (bicyclic) bond motifs is 3. The number of carbonyl (C=O) groups excluding carboxylic acids is 1. The molecule has 1 aliphatic rings. The maximum Gasteiger partial charge on any atom is 0.322 e. The average Bonchev–Trinajstić information content (AvgIpc) is 3.23. The molecule has 4 aromatic rings. The molecule has 3 aromatic carbocycles. The van der Waals surface area contributed by atoms with Gasteiger partial charge in [-0.3, -0.25) is 0 Å². The van der Waals surface area contributed by atoms with Gasteiger partial charge in [0.1, 0.15) is 5.75 Å². The molecule has 0 saturated heterocycles. The van der Waals surface area contributed by atoms with Crippen molar-refractivity contribution in [1.82, 2.24) is 9.47 Å². The number of anilines is 1. The number of hydrogen-bond acceptors (Lipinski definition) is 2. The fraction of sp³-hybridized carbons (Fsp3) is 0.207. The molecule has 1 aliphatic heterocycles. The number of aryl methyl sites for hydroxylation is 2. The lowest BCUT2D eigenvalue weighted by Crippen LogP contribution is -2.38. The van der Waals surface area contributed by atoms with Gasteiger partial charge in [-0.15, -0.1) is 0 Å². The summed E-state index contributed by atoms with van der Waals surface area (Å²) in [5.41, 5.74) is 7.32. The van der Waals surface area contributed by atoms with E-state index in [1.54, 1.807) is 0 Å². The van der Waals surface area contributed by atoms with Crippen LogP contribution in [0.15, 0.2) is 85.1 Å². The first-order chi connectivity index (χ1) is 16.5. The van der Waals surface area contributed by atoms with E-state index in [1.807, 2.05) is 68.1 Å². The number of ether oxygens (including phenoxy) is 1. The predicted molar refractivity (Wildman–Crippen MR) is 136 cm³/mol. The highest BCUT2D eigenvalue weighted by molar-refractivity contribution is 5.90. The van der Waals surface area contributed by atoms with Crippen LogP contribution in [0.25, 0.3) is 5.69 Å². The fourth-order valence-corrected chi connectivity index (χ4v) is 4.85. The Kier molecular flexibility index (Phi) is 5.84. The molecule has 0 aliphatic carbocycles. The first kappa shape index (κ1) is 21.8. The molecule has 0 spiro atoms. The minimum absolute atomic E-state index is 0.131. The standard InChI is InChI=1S/C29H29N3O2/c1-4-34-25-13-11-22(12-14-25)28-27-10-7-15-31(27)26-9-6-5-8-23(26)19-32(28)29(33)30-24-17-20(2)16-21(3)18-24/h5-18,28H,4,19H2,1-3H3,(H,30,33)/t28-/m1/s1. The molecular weight excluding hydrogens is 422 g/mol. The van der Waals surface area contributed by atoms with Crippen LogP contribution in [-0.2, 0) is 6.54 Å². The van der Waals surface area contributed by atoms with Crippen LogP contribution in [0, 0.1) is 13.8 Å². The maximum atomic E-state index is 13.8. The van der Waals surface area contributed by atoms with Gasteiger partial charge in [-0.2, -0.15) is 0 Å². The van der Waals surface area contributed by atoms with E-state index in [4.69, 9.17) is 4.74 Å². The highest BCUT2D eigenvalue weighted by Crippen LogP contribution is 2.37. The van der Waals surface area contributed by atoms with Gasteiger partial charge in [0.05, 0.1) is 24.9 Å². The molecule has 0 unspecified atom stereocenters. The Labute approximate surface area is 200 Å². The maximum absolute atomic E-state index is 13.8. The lowest BCUT2D eigenvalue weighted by atomic mass is 10.0. The molecule has 2 heterocycles. The first-order valence-electron chi connectivity index (χ1n) is 11.7. The van der Waals surface area contributed by atoms with Gasteiger partial charge in [0.2, 0.25) is 0 Å². The van der Waals surface area contributed by atoms with Gasteiger partial charge in [0, 0.05) is 17.6 Å². The fourth-order valence-electron chi connectivity index (χ4n) is 4.85. The van der Waals surface area contributed by atoms with Crippen molar-refractivity contribution >= 4 is 11.7 Å². The lowest BCUT2D eigenvalue weighted by Gasteiger charge is -2.31. The van der Waals surface area contributed by atoms with E-state index in [0.717, 1.165) is 45.1 Å². The topological polar surface area (TPSA) is 46.5 Å². The minimum atomic E-state index is -0.260. The molecule has 172 valence electrons. The van der Waals surface area contributed by atoms with Crippen LogP contribution < -0.4 is 10.1 Å². The van der Waals surface area contributed by atoms with Crippen LogP contribution in [0.1, 0.15) is 40.9 Å². The normalized spacial score (nSPS) is 14.7. The molecule has 0 radical (unpaired) electrons. The SMILES string of the molecule is CCOc1ccc([C@@H]2c3cccn3-c3ccccc3CN2C(=O)Nc2cc(C)cc(C)c2)cc1. The van der Waals surface area contributed by atoms with Gasteiger partial charge in [-0.05, 0) is 85.5 Å². The summed E-state index contributed by atoms with van der Waals surface area (Å²) in [5.74, 6) is 0.824. The Hall–Kier alpha value is -3.99. The zero-order chi connectivity index (χ0) is 23.7. The van der Waals surface area contributed by atoms with Gasteiger partial charge >= 0.3 is 6.03 Å². The molecule has 34 heavy (non-hydrogen) atoms. The van der Waals surface area contributed by atoms with Crippen molar-refractivity contribution in [2.45, 2.75) is 33.4 Å². The molecule has 2 amide bonds. The molecule has 0 bridgehead atoms. The largest absolute Gasteiger partial charge is 0.494 e. The van der Waals surface area contributed by atoms with Crippen LogP contribution >= 0.6 is 0 Å². The first-order valence-corrected chi connectivity index (χ1v) is 11.7. The van der Waals surface area contributed by atoms with Crippen molar-refractivity contribution < 1.29 is 9.53 Å². The predicted octanol–water partition coefficient (Wildman–Crippen LogP) is 6.63. The van der Waals surface area contributed by atoms with Crippen molar-refractivity contribution in [3.8, 4) is 11.4 Å². The molecule has 5 heteroatoms. The van der Waals surface area contributed by atoms with Crippen LogP contribution in [0.2, 0.25) is 0 Å². The van der Waals surface area contributed by atoms with E-state index in [0.29, 0.717) is 13.2 Å². The zero-order valence-electron chi connectivity index (χ0n) is 19.8. The molecule has 1 aromatic heterocycles. The Morgan fingerprint density at radius 3 is 2.44 bits per heavy atom. The number of aromatic nitrogens is 1. The van der Waals surface area contributed by atoms with E-state index in [1.165, 1.54) is 0 Å². The second-order valence-corrected chi connectivity index (χ2v) is 8.77. The Morgan fingerprint density at radius 2 is 1.71 bits per heavy atom. The van der Waals surface area contributed by atoms with Crippen molar-refractivity contribution in [3.63, 3.8) is 0 Å². The summed E-state index contributed by atoms with van der Waals surface area (Å²) >= 11 is 0. The smallest absolute Gasteiger partial charge is 0.322 e. The third-order valence-corrected chi connectivity index (χ3v) is 6.20. The zero-order valence-corrected chi connectivity index (χ0v) is 19.8. The summed E-state index contributed by atoms with van der Waals surface area (Å²) in [6.45, 7) is 7.17. The van der Waals surface area contributed by atoms with Gasteiger partial charge in [0.15, 0.2) is 0 Å². The lowest BCUT2D eigenvalue weighted by molar-refractivity contribution is 0.194. The van der Waals surface area contributed by atoms with E-state index in [9.17, 15) is 4.79 Å². The number of rotatable bonds is 4. The summed E-state index contributed by atoms with van der Waals surface area (Å²) < 4.78 is 7.85. The molecule has 1 N–H and O–H groups in total. The van der Waals surface area contributed by atoms with Crippen molar-refractivity contribution in [3.05, 3.63) is 113 Å². The van der Waals surface area contributed by atoms with Crippen LogP contribution in [0.4, 0.5) is 10.5 Å². The van der Waals surface area contributed by atoms with Gasteiger partial charge in [-0.25, -0.2) is 4.79 Å². The summed E-state index contributed by atoms with van der Waals surface area (Å²) in [5, 5.41) is 3.16. The third-order valence-electron chi connectivity index (χ3n) is 6.20. The number of urea groups is 1. The number of hydrogen-bond donors (Lipinski definition) is 1. The van der Waals surface area contributed by atoms with Crippen LogP contribution in [0.3, 0.4) is 0 Å². The summed E-state index contributed by atoms with van der Waals surface area (Å²) in [4.78, 5) is 15.7. The van der Waals surface area contributed by atoms with Gasteiger partial charge in [-0.1, -0.05) is 36.4 Å². The second kappa shape index (κ2) is 9.10. The minimum Gasteiger partial charge on any atom is -0.494 e. The van der Waals surface area contributed by atoms with Crippen LogP contribution in [-0.4, -0.2) is 22.1 Å². The third kappa shape index (κ3) is 4.17. The van der Waals surface area contributed by atoms with Gasteiger partial charge < -0.3 is 19.5 Å². The second-order valence-electron chi connectivity index (χ2n) is 8.77. The van der Waals surface area contributed by atoms with E-state index in [2.05, 4.69) is 52.5 Å². The van der Waals surface area contributed by atoms with E-state index in [-0.39, 0.29) is 12.1 Å². The van der Waals surface area contributed by atoms with Crippen molar-refractivity contribution in [2.75, 3.05) is 11.9 Å². The molecule has 5 rings (SSSR count). The number of carbonyl (C=O) groups is 1. The highest BCUT2D eigenvalue weighted by Gasteiger charge is 2.33. The average molecular weight is 452 g/mol. The Bertz CT molecular complexity index is 1300. The Balaban J connectivity index is 1.60.